The number of fused-ring (bicyclic) bond motifs is 3. The Kier molecular flexibility index (Phi) is 4.62. The smallest absolute Gasteiger partial charge is 0.270 e. The lowest BCUT2D eigenvalue weighted by Crippen LogP contribution is -2.34. The minimum atomic E-state index is -0.134. The Hall–Kier alpha value is -3.81. The number of carbonyl (C=O) groups is 1. The average Bonchev–Trinajstić information content (AvgIpc) is 3.14. The first-order valence-electron chi connectivity index (χ1n) is 10.1. The monoisotopic (exact) mass is 418 g/mol. The van der Waals surface area contributed by atoms with Crippen LogP contribution in [0.1, 0.15) is 16.3 Å². The number of benzene rings is 2. The van der Waals surface area contributed by atoms with Crippen molar-refractivity contribution in [1.82, 2.24) is 19.4 Å². The number of para-hydroxylation sites is 1. The van der Waals surface area contributed by atoms with Gasteiger partial charge in [-0.15, -0.1) is 0 Å². The highest BCUT2D eigenvalue weighted by molar-refractivity contribution is 6.01. The van der Waals surface area contributed by atoms with Crippen LogP contribution in [0.15, 0.2) is 47.3 Å². The third-order valence-electron chi connectivity index (χ3n) is 5.81. The number of methoxy groups -OCH3 is 2. The molecule has 1 N–H and O–H groups in total. The molecule has 0 unspecified atom stereocenters. The van der Waals surface area contributed by atoms with E-state index >= 15 is 0 Å². The number of ether oxygens (including phenoxy) is 2. The van der Waals surface area contributed by atoms with Crippen LogP contribution >= 0.6 is 0 Å². The molecule has 0 spiro atoms. The highest BCUT2D eigenvalue weighted by Gasteiger charge is 2.24. The summed E-state index contributed by atoms with van der Waals surface area (Å²) in [4.78, 5) is 35.8. The van der Waals surface area contributed by atoms with Crippen molar-refractivity contribution in [3.63, 3.8) is 0 Å². The van der Waals surface area contributed by atoms with E-state index in [1.165, 1.54) is 0 Å². The molecule has 0 atom stereocenters. The van der Waals surface area contributed by atoms with Crippen molar-refractivity contribution >= 4 is 27.7 Å². The third-order valence-corrected chi connectivity index (χ3v) is 5.81. The fourth-order valence-corrected chi connectivity index (χ4v) is 4.21. The summed E-state index contributed by atoms with van der Waals surface area (Å²) in [5, 5.41) is 1.38. The van der Waals surface area contributed by atoms with Crippen molar-refractivity contribution in [2.24, 2.45) is 0 Å². The van der Waals surface area contributed by atoms with Crippen molar-refractivity contribution < 1.29 is 14.3 Å². The molecule has 0 saturated carbocycles. The second-order valence-electron chi connectivity index (χ2n) is 7.49. The second kappa shape index (κ2) is 7.46. The first-order valence-corrected chi connectivity index (χ1v) is 10.1. The number of nitrogens with zero attached hydrogens (tertiary/aromatic N) is 3. The highest BCUT2D eigenvalue weighted by atomic mass is 16.5. The molecule has 8 heteroatoms. The fourth-order valence-electron chi connectivity index (χ4n) is 4.21. The quantitative estimate of drug-likeness (QED) is 0.552. The van der Waals surface area contributed by atoms with E-state index in [0.717, 1.165) is 5.39 Å². The number of hydrogen-bond donors (Lipinski definition) is 1. The van der Waals surface area contributed by atoms with Gasteiger partial charge in [0.1, 0.15) is 23.0 Å². The summed E-state index contributed by atoms with van der Waals surface area (Å²) in [7, 11) is 3.18. The van der Waals surface area contributed by atoms with Gasteiger partial charge in [0.2, 0.25) is 0 Å². The van der Waals surface area contributed by atoms with Crippen LogP contribution in [0.25, 0.3) is 21.8 Å². The van der Waals surface area contributed by atoms with Crippen molar-refractivity contribution in [3.05, 3.63) is 64.3 Å². The van der Waals surface area contributed by atoms with Gasteiger partial charge in [0.15, 0.2) is 0 Å². The van der Waals surface area contributed by atoms with E-state index in [-0.39, 0.29) is 11.5 Å². The lowest BCUT2D eigenvalue weighted by molar-refractivity contribution is 0.0754. The average molecular weight is 418 g/mol. The summed E-state index contributed by atoms with van der Waals surface area (Å²) in [5.41, 5.74) is 1.80. The predicted octanol–water partition coefficient (Wildman–Crippen LogP) is 2.59. The molecule has 1 aliphatic rings. The molecule has 0 bridgehead atoms. The molecule has 31 heavy (non-hydrogen) atoms. The van der Waals surface area contributed by atoms with E-state index in [4.69, 9.17) is 9.47 Å². The van der Waals surface area contributed by atoms with E-state index in [9.17, 15) is 9.59 Å². The minimum absolute atomic E-state index is 0.0602. The Bertz CT molecular complexity index is 1330. The normalized spacial score (nSPS) is 13.8. The third kappa shape index (κ3) is 3.11. The number of hydrogen-bond acceptors (Lipinski definition) is 5. The van der Waals surface area contributed by atoms with Crippen LogP contribution in [-0.2, 0) is 13.0 Å². The minimum Gasteiger partial charge on any atom is -0.496 e. The first kappa shape index (κ1) is 19.2. The second-order valence-corrected chi connectivity index (χ2v) is 7.49. The van der Waals surface area contributed by atoms with Gasteiger partial charge in [-0.2, -0.15) is 0 Å². The predicted molar refractivity (Wildman–Crippen MR) is 117 cm³/mol. The molecule has 1 amide bonds. The molecule has 4 aromatic rings. The SMILES string of the molecule is COc1ccc(OC)c2[nH]c(C(=O)N3CCc4nc5ccccc5c(=O)n4CC3)cc12. The molecule has 1 aliphatic heterocycles. The summed E-state index contributed by atoms with van der Waals surface area (Å²) < 4.78 is 12.5. The van der Waals surface area contributed by atoms with Crippen molar-refractivity contribution in [2.75, 3.05) is 27.3 Å². The van der Waals surface area contributed by atoms with Crippen LogP contribution in [0, 0.1) is 0 Å². The number of rotatable bonds is 3. The Morgan fingerprint density at radius 3 is 2.58 bits per heavy atom. The number of amides is 1. The molecule has 158 valence electrons. The molecular formula is C23H22N4O4. The van der Waals surface area contributed by atoms with Crippen LogP contribution in [0.3, 0.4) is 0 Å². The van der Waals surface area contributed by atoms with Gasteiger partial charge in [0.05, 0.1) is 30.6 Å². The number of nitrogens with one attached hydrogen (secondary N) is 1. The van der Waals surface area contributed by atoms with E-state index < -0.39 is 0 Å². The number of aromatic amines is 1. The van der Waals surface area contributed by atoms with Crippen LogP contribution in [0.5, 0.6) is 11.5 Å². The summed E-state index contributed by atoms with van der Waals surface area (Å²) in [6.45, 7) is 1.31. The summed E-state index contributed by atoms with van der Waals surface area (Å²) in [5.74, 6) is 1.88. The van der Waals surface area contributed by atoms with Crippen molar-refractivity contribution in [2.45, 2.75) is 13.0 Å². The van der Waals surface area contributed by atoms with Crippen molar-refractivity contribution in [3.8, 4) is 11.5 Å². The van der Waals surface area contributed by atoms with Gasteiger partial charge in [-0.1, -0.05) is 12.1 Å². The molecule has 5 rings (SSSR count). The number of H-pyrrole nitrogens is 1. The van der Waals surface area contributed by atoms with Crippen molar-refractivity contribution in [1.29, 1.82) is 0 Å². The Labute approximate surface area is 178 Å². The highest BCUT2D eigenvalue weighted by Crippen LogP contribution is 2.33. The van der Waals surface area contributed by atoms with Crippen LogP contribution in [-0.4, -0.2) is 52.7 Å². The molecule has 2 aromatic heterocycles. The summed E-state index contributed by atoms with van der Waals surface area (Å²) >= 11 is 0. The standard InChI is InChI=1S/C23H22N4O4/c1-30-18-7-8-19(31-2)21-15(18)13-17(25-21)23(29)26-10-9-20-24-16-6-4-3-5-14(16)22(28)27(20)12-11-26/h3-8,13,25H,9-12H2,1-2H3. The van der Waals surface area contributed by atoms with Gasteiger partial charge < -0.3 is 19.4 Å². The Morgan fingerprint density at radius 2 is 1.77 bits per heavy atom. The molecule has 3 heterocycles. The zero-order valence-electron chi connectivity index (χ0n) is 17.3. The first-order chi connectivity index (χ1) is 15.1. The Balaban J connectivity index is 1.48. The zero-order chi connectivity index (χ0) is 21.5. The van der Waals surface area contributed by atoms with Gasteiger partial charge in [-0.25, -0.2) is 4.98 Å². The van der Waals surface area contributed by atoms with E-state index in [2.05, 4.69) is 9.97 Å². The van der Waals surface area contributed by atoms with Gasteiger partial charge in [0.25, 0.3) is 11.5 Å². The topological polar surface area (TPSA) is 89.5 Å². The van der Waals surface area contributed by atoms with Gasteiger partial charge in [-0.05, 0) is 30.3 Å². The molecule has 2 aromatic carbocycles. The van der Waals surface area contributed by atoms with E-state index in [1.54, 1.807) is 41.9 Å². The van der Waals surface area contributed by atoms with E-state index in [1.807, 2.05) is 24.3 Å². The molecule has 0 fully saturated rings. The number of carbonyl (C=O) groups excluding carboxylic acids is 1. The molecule has 0 saturated heterocycles. The summed E-state index contributed by atoms with van der Waals surface area (Å²) in [6, 6.07) is 12.7. The van der Waals surface area contributed by atoms with Gasteiger partial charge >= 0.3 is 0 Å². The van der Waals surface area contributed by atoms with Crippen LogP contribution < -0.4 is 15.0 Å². The maximum absolute atomic E-state index is 13.3. The van der Waals surface area contributed by atoms with Crippen LogP contribution in [0.2, 0.25) is 0 Å². The molecule has 8 nitrogen and oxygen atoms in total. The number of aromatic nitrogens is 3. The summed E-state index contributed by atoms with van der Waals surface area (Å²) in [6.07, 6.45) is 0.513. The van der Waals surface area contributed by atoms with Gasteiger partial charge in [-0.3, -0.25) is 14.2 Å². The molecular weight excluding hydrogens is 396 g/mol. The zero-order valence-corrected chi connectivity index (χ0v) is 17.3. The lowest BCUT2D eigenvalue weighted by Gasteiger charge is -2.18. The lowest BCUT2D eigenvalue weighted by atomic mass is 10.2. The molecule has 0 radical (unpaired) electrons. The van der Waals surface area contributed by atoms with E-state index in [0.29, 0.717) is 65.5 Å². The van der Waals surface area contributed by atoms with Gasteiger partial charge in [0, 0.05) is 31.4 Å². The Morgan fingerprint density at radius 1 is 1.00 bits per heavy atom. The fraction of sp³-hybridized carbons (Fsp3) is 0.261. The van der Waals surface area contributed by atoms with Crippen LogP contribution in [0.4, 0.5) is 0 Å². The maximum atomic E-state index is 13.3. The maximum Gasteiger partial charge on any atom is 0.270 e. The largest absolute Gasteiger partial charge is 0.496 e. The molecule has 0 aliphatic carbocycles.